The molecule has 0 aromatic heterocycles. The number of piperidine rings is 1. The van der Waals surface area contributed by atoms with Crippen LogP contribution < -0.4 is 14.2 Å². The van der Waals surface area contributed by atoms with Crippen LogP contribution in [0.5, 0.6) is 17.2 Å². The van der Waals surface area contributed by atoms with Crippen molar-refractivity contribution in [2.75, 3.05) is 33.9 Å². The third-order valence-corrected chi connectivity index (χ3v) is 6.80. The number of ether oxygens (including phenoxy) is 3. The first-order valence-corrected chi connectivity index (χ1v) is 11.3. The summed E-state index contributed by atoms with van der Waals surface area (Å²) < 4.78 is 17.7. The lowest BCUT2D eigenvalue weighted by Gasteiger charge is -2.51. The zero-order valence-electron chi connectivity index (χ0n) is 18.6. The maximum absolute atomic E-state index is 6.71. The Hall–Kier alpha value is -2.73. The van der Waals surface area contributed by atoms with Crippen LogP contribution in [0.4, 0.5) is 0 Å². The minimum absolute atomic E-state index is 0.200. The molecule has 5 rings (SSSR count). The molecule has 3 aliphatic heterocycles. The van der Waals surface area contributed by atoms with Gasteiger partial charge in [0.1, 0.15) is 5.75 Å². The Labute approximate surface area is 184 Å². The number of hydrogen-bond donors (Lipinski definition) is 0. The van der Waals surface area contributed by atoms with Gasteiger partial charge in [0.2, 0.25) is 5.72 Å². The van der Waals surface area contributed by atoms with Gasteiger partial charge in [-0.25, -0.2) is 5.01 Å². The number of benzene rings is 2. The Bertz CT molecular complexity index is 982. The predicted molar refractivity (Wildman–Crippen MR) is 121 cm³/mol. The van der Waals surface area contributed by atoms with Gasteiger partial charge in [-0.05, 0) is 37.2 Å². The van der Waals surface area contributed by atoms with E-state index in [1.807, 2.05) is 12.1 Å². The van der Waals surface area contributed by atoms with Gasteiger partial charge in [-0.3, -0.25) is 0 Å². The molecule has 0 unspecified atom stereocenters. The molecule has 0 amide bonds. The van der Waals surface area contributed by atoms with Crippen LogP contribution in [0.2, 0.25) is 0 Å². The van der Waals surface area contributed by atoms with Gasteiger partial charge >= 0.3 is 0 Å². The van der Waals surface area contributed by atoms with Crippen molar-refractivity contribution in [1.82, 2.24) is 9.91 Å². The molecule has 0 bridgehead atoms. The fraction of sp³-hybridized carbons (Fsp3) is 0.480. The van der Waals surface area contributed by atoms with Crippen molar-refractivity contribution in [2.24, 2.45) is 5.10 Å². The van der Waals surface area contributed by atoms with Crippen molar-refractivity contribution < 1.29 is 14.2 Å². The number of nitrogens with zero attached hydrogens (tertiary/aromatic N) is 3. The van der Waals surface area contributed by atoms with Crippen LogP contribution in [-0.4, -0.2) is 55.2 Å². The Kier molecular flexibility index (Phi) is 5.26. The number of likely N-dealkylation sites (tertiary alicyclic amines) is 1. The number of hydrazone groups is 1. The molecule has 3 heterocycles. The van der Waals surface area contributed by atoms with Gasteiger partial charge in [-0.2, -0.15) is 5.10 Å². The molecule has 1 spiro atoms. The molecule has 6 heteroatoms. The van der Waals surface area contributed by atoms with Crippen LogP contribution in [0.15, 0.2) is 47.6 Å². The molecule has 0 aliphatic carbocycles. The lowest BCUT2D eigenvalue weighted by atomic mass is 9.90. The van der Waals surface area contributed by atoms with Gasteiger partial charge in [0.05, 0.1) is 26.0 Å². The van der Waals surface area contributed by atoms with Gasteiger partial charge < -0.3 is 19.1 Å². The third-order valence-electron chi connectivity index (χ3n) is 6.80. The van der Waals surface area contributed by atoms with Crippen LogP contribution in [0.3, 0.4) is 0 Å². The fourth-order valence-corrected chi connectivity index (χ4v) is 5.19. The standard InChI is InChI=1S/C25H31N3O3/c1-4-13-27-14-11-25(12-15-27)28-21(19-7-5-6-8-22(19)31-25)17-20(26-28)18-9-10-23(29-2)24(16-18)30-3/h5-10,16,21H,4,11-15,17H2,1-3H3/t21-/m1/s1. The molecule has 2 aromatic rings. The first-order chi connectivity index (χ1) is 15.2. The normalized spacial score (nSPS) is 21.8. The SMILES string of the molecule is CCCN1CCC2(CC1)Oc1ccccc1[C@H]1CC(c3ccc(OC)c(OC)c3)=NN12. The minimum Gasteiger partial charge on any atom is -0.493 e. The Balaban J connectivity index is 1.51. The first kappa shape index (κ1) is 20.2. The predicted octanol–water partition coefficient (Wildman–Crippen LogP) is 4.45. The summed E-state index contributed by atoms with van der Waals surface area (Å²) in [7, 11) is 3.33. The van der Waals surface area contributed by atoms with E-state index in [0.29, 0.717) is 0 Å². The molecule has 1 fully saturated rings. The molecule has 0 saturated carbocycles. The Morgan fingerprint density at radius 2 is 1.84 bits per heavy atom. The number of rotatable bonds is 5. The highest BCUT2D eigenvalue weighted by Crippen LogP contribution is 2.50. The average molecular weight is 422 g/mol. The smallest absolute Gasteiger partial charge is 0.200 e. The topological polar surface area (TPSA) is 46.5 Å². The molecule has 164 valence electrons. The second-order valence-electron chi connectivity index (χ2n) is 8.61. The number of fused-ring (bicyclic) bond motifs is 4. The summed E-state index contributed by atoms with van der Waals surface area (Å²) in [5.74, 6) is 2.47. The molecule has 6 nitrogen and oxygen atoms in total. The van der Waals surface area contributed by atoms with E-state index in [-0.39, 0.29) is 11.8 Å². The molecule has 3 aliphatic rings. The van der Waals surface area contributed by atoms with Crippen molar-refractivity contribution in [3.8, 4) is 17.2 Å². The van der Waals surface area contributed by atoms with Crippen LogP contribution in [0.25, 0.3) is 0 Å². The van der Waals surface area contributed by atoms with E-state index in [4.69, 9.17) is 19.3 Å². The van der Waals surface area contributed by atoms with Crippen molar-refractivity contribution in [1.29, 1.82) is 0 Å². The van der Waals surface area contributed by atoms with E-state index in [0.717, 1.165) is 67.4 Å². The number of hydrogen-bond acceptors (Lipinski definition) is 6. The molecule has 0 radical (unpaired) electrons. The Morgan fingerprint density at radius 1 is 1.06 bits per heavy atom. The monoisotopic (exact) mass is 421 g/mol. The maximum Gasteiger partial charge on any atom is 0.200 e. The van der Waals surface area contributed by atoms with Gasteiger partial charge in [0, 0.05) is 43.5 Å². The molecule has 1 saturated heterocycles. The summed E-state index contributed by atoms with van der Waals surface area (Å²) in [6.45, 7) is 5.48. The molecular weight excluding hydrogens is 390 g/mol. The number of para-hydroxylation sites is 1. The van der Waals surface area contributed by atoms with Crippen molar-refractivity contribution >= 4 is 5.71 Å². The van der Waals surface area contributed by atoms with Crippen molar-refractivity contribution in [3.05, 3.63) is 53.6 Å². The lowest BCUT2D eigenvalue weighted by Crippen LogP contribution is -2.59. The van der Waals surface area contributed by atoms with Gasteiger partial charge in [0.15, 0.2) is 11.5 Å². The van der Waals surface area contributed by atoms with Crippen LogP contribution >= 0.6 is 0 Å². The summed E-state index contributed by atoms with van der Waals surface area (Å²) in [5.41, 5.74) is 3.00. The van der Waals surface area contributed by atoms with E-state index in [1.165, 1.54) is 12.0 Å². The van der Waals surface area contributed by atoms with E-state index in [1.54, 1.807) is 14.2 Å². The van der Waals surface area contributed by atoms with Crippen molar-refractivity contribution in [2.45, 2.75) is 44.4 Å². The van der Waals surface area contributed by atoms with Gasteiger partial charge in [-0.1, -0.05) is 25.1 Å². The lowest BCUT2D eigenvalue weighted by molar-refractivity contribution is -0.149. The third kappa shape index (κ3) is 3.43. The summed E-state index contributed by atoms with van der Waals surface area (Å²) in [6.07, 6.45) is 3.96. The molecule has 1 atom stereocenters. The highest BCUT2D eigenvalue weighted by atomic mass is 16.5. The minimum atomic E-state index is -0.373. The molecule has 0 N–H and O–H groups in total. The van der Waals surface area contributed by atoms with Crippen LogP contribution in [-0.2, 0) is 0 Å². The fourth-order valence-electron chi connectivity index (χ4n) is 5.19. The van der Waals surface area contributed by atoms with Gasteiger partial charge in [-0.15, -0.1) is 0 Å². The summed E-state index contributed by atoms with van der Waals surface area (Å²) >= 11 is 0. The molecular formula is C25H31N3O3. The van der Waals surface area contributed by atoms with E-state index >= 15 is 0 Å². The summed E-state index contributed by atoms with van der Waals surface area (Å²) in [4.78, 5) is 2.54. The van der Waals surface area contributed by atoms with E-state index in [2.05, 4.69) is 47.2 Å². The largest absolute Gasteiger partial charge is 0.493 e. The number of methoxy groups -OCH3 is 2. The van der Waals surface area contributed by atoms with Crippen molar-refractivity contribution in [3.63, 3.8) is 0 Å². The quantitative estimate of drug-likeness (QED) is 0.714. The van der Waals surface area contributed by atoms with Crippen LogP contribution in [0.1, 0.15) is 49.8 Å². The Morgan fingerprint density at radius 3 is 2.58 bits per heavy atom. The molecule has 2 aromatic carbocycles. The second kappa shape index (κ2) is 8.08. The summed E-state index contributed by atoms with van der Waals surface area (Å²) in [5, 5.41) is 7.44. The zero-order valence-corrected chi connectivity index (χ0v) is 18.6. The molecule has 31 heavy (non-hydrogen) atoms. The average Bonchev–Trinajstić information content (AvgIpc) is 3.27. The highest BCUT2D eigenvalue weighted by molar-refractivity contribution is 6.02. The first-order valence-electron chi connectivity index (χ1n) is 11.3. The maximum atomic E-state index is 6.71. The van der Waals surface area contributed by atoms with Crippen LogP contribution in [0, 0.1) is 0 Å². The zero-order chi connectivity index (χ0) is 21.4. The summed E-state index contributed by atoms with van der Waals surface area (Å²) in [6, 6.07) is 14.7. The van der Waals surface area contributed by atoms with E-state index in [9.17, 15) is 0 Å². The highest BCUT2D eigenvalue weighted by Gasteiger charge is 2.51. The van der Waals surface area contributed by atoms with E-state index < -0.39 is 0 Å². The van der Waals surface area contributed by atoms with Gasteiger partial charge in [0.25, 0.3) is 0 Å². The second-order valence-corrected chi connectivity index (χ2v) is 8.61.